The van der Waals surface area contributed by atoms with Gasteiger partial charge in [0.15, 0.2) is 5.03 Å². The van der Waals surface area contributed by atoms with Gasteiger partial charge in [-0.05, 0) is 25.1 Å². The van der Waals surface area contributed by atoms with E-state index in [0.29, 0.717) is 5.82 Å². The fourth-order valence-electron chi connectivity index (χ4n) is 1.31. The SMILES string of the molecule is Cc1ncc(S(=O)(=O)Nc2cc(Cl)ccc2F)[nH]1. The number of aromatic nitrogens is 2. The number of imidazole rings is 1. The van der Waals surface area contributed by atoms with Crippen molar-refractivity contribution < 1.29 is 12.8 Å². The highest BCUT2D eigenvalue weighted by Crippen LogP contribution is 2.22. The van der Waals surface area contributed by atoms with Gasteiger partial charge < -0.3 is 4.98 Å². The normalized spacial score (nSPS) is 11.5. The van der Waals surface area contributed by atoms with Crippen LogP contribution in [0.25, 0.3) is 0 Å². The maximum Gasteiger partial charge on any atom is 0.279 e. The molecule has 2 rings (SSSR count). The number of rotatable bonds is 3. The molecule has 8 heteroatoms. The van der Waals surface area contributed by atoms with Crippen molar-refractivity contribution in [1.82, 2.24) is 9.97 Å². The first-order valence-electron chi connectivity index (χ1n) is 4.88. The van der Waals surface area contributed by atoms with Gasteiger partial charge in [-0.1, -0.05) is 11.6 Å². The lowest BCUT2D eigenvalue weighted by atomic mass is 10.3. The number of sulfonamides is 1. The van der Waals surface area contributed by atoms with E-state index in [2.05, 4.69) is 14.7 Å². The molecule has 1 aromatic carbocycles. The van der Waals surface area contributed by atoms with E-state index in [1.807, 2.05) is 0 Å². The van der Waals surface area contributed by atoms with Gasteiger partial charge in [-0.3, -0.25) is 4.72 Å². The van der Waals surface area contributed by atoms with Crippen LogP contribution in [-0.4, -0.2) is 18.4 Å². The zero-order valence-electron chi connectivity index (χ0n) is 9.24. The Morgan fingerprint density at radius 1 is 1.44 bits per heavy atom. The van der Waals surface area contributed by atoms with Crippen LogP contribution < -0.4 is 4.72 Å². The highest BCUT2D eigenvalue weighted by Gasteiger charge is 2.18. The number of hydrogen-bond acceptors (Lipinski definition) is 3. The zero-order valence-corrected chi connectivity index (χ0v) is 10.8. The van der Waals surface area contributed by atoms with Crippen molar-refractivity contribution in [1.29, 1.82) is 0 Å². The summed E-state index contributed by atoms with van der Waals surface area (Å²) < 4.78 is 39.3. The first kappa shape index (κ1) is 12.8. The lowest BCUT2D eigenvalue weighted by Crippen LogP contribution is -2.14. The van der Waals surface area contributed by atoms with Crippen LogP contribution >= 0.6 is 11.6 Å². The van der Waals surface area contributed by atoms with E-state index in [4.69, 9.17) is 11.6 Å². The summed E-state index contributed by atoms with van der Waals surface area (Å²) in [5.41, 5.74) is -0.213. The molecule has 0 fully saturated rings. The molecule has 0 atom stereocenters. The zero-order chi connectivity index (χ0) is 13.3. The second-order valence-corrected chi connectivity index (χ2v) is 5.65. The predicted molar refractivity (Wildman–Crippen MR) is 65.5 cm³/mol. The van der Waals surface area contributed by atoms with Crippen LogP contribution in [0.15, 0.2) is 29.4 Å². The Hall–Kier alpha value is -1.60. The van der Waals surface area contributed by atoms with E-state index < -0.39 is 15.8 Å². The van der Waals surface area contributed by atoms with E-state index in [1.165, 1.54) is 12.1 Å². The van der Waals surface area contributed by atoms with Crippen LogP contribution in [0.5, 0.6) is 0 Å². The Morgan fingerprint density at radius 3 is 2.78 bits per heavy atom. The molecule has 0 aliphatic carbocycles. The molecular formula is C10H9ClFN3O2S. The fraction of sp³-hybridized carbons (Fsp3) is 0.100. The summed E-state index contributed by atoms with van der Waals surface area (Å²) in [6.45, 7) is 1.61. The van der Waals surface area contributed by atoms with Gasteiger partial charge in [0.05, 0.1) is 11.9 Å². The average molecular weight is 290 g/mol. The summed E-state index contributed by atoms with van der Waals surface area (Å²) in [5, 5.41) is 0.0919. The molecule has 96 valence electrons. The number of hydrogen-bond donors (Lipinski definition) is 2. The van der Waals surface area contributed by atoms with Gasteiger partial charge in [0, 0.05) is 5.02 Å². The van der Waals surface area contributed by atoms with Crippen molar-refractivity contribution in [3.8, 4) is 0 Å². The smallest absolute Gasteiger partial charge is 0.279 e. The summed E-state index contributed by atoms with van der Waals surface area (Å²) >= 11 is 5.67. The average Bonchev–Trinajstić information content (AvgIpc) is 2.71. The number of aromatic amines is 1. The third kappa shape index (κ3) is 2.62. The van der Waals surface area contributed by atoms with Gasteiger partial charge in [0.1, 0.15) is 11.6 Å². The van der Waals surface area contributed by atoms with Gasteiger partial charge in [0.25, 0.3) is 10.0 Å². The standard InChI is InChI=1S/C10H9ClFN3O2S/c1-6-13-5-10(14-6)18(16,17)15-9-4-7(11)2-3-8(9)12/h2-5,15H,1H3,(H,13,14). The van der Waals surface area contributed by atoms with Crippen LogP contribution in [0, 0.1) is 12.7 Å². The summed E-state index contributed by atoms with van der Waals surface area (Å²) in [6.07, 6.45) is 1.15. The topological polar surface area (TPSA) is 74.8 Å². The van der Waals surface area contributed by atoms with Gasteiger partial charge >= 0.3 is 0 Å². The van der Waals surface area contributed by atoms with E-state index in [1.54, 1.807) is 6.92 Å². The molecule has 0 aliphatic heterocycles. The number of anilines is 1. The first-order valence-corrected chi connectivity index (χ1v) is 6.74. The van der Waals surface area contributed by atoms with Gasteiger partial charge in [-0.25, -0.2) is 9.37 Å². The third-order valence-electron chi connectivity index (χ3n) is 2.14. The van der Waals surface area contributed by atoms with Crippen molar-refractivity contribution in [2.45, 2.75) is 11.9 Å². The molecule has 0 radical (unpaired) electrons. The minimum atomic E-state index is -3.90. The highest BCUT2D eigenvalue weighted by atomic mass is 35.5. The number of halogens is 2. The number of aryl methyl sites for hydroxylation is 1. The Balaban J connectivity index is 2.36. The Morgan fingerprint density at radius 2 is 2.17 bits per heavy atom. The van der Waals surface area contributed by atoms with Crippen LogP contribution in [-0.2, 0) is 10.0 Å². The minimum absolute atomic E-state index is 0.139. The van der Waals surface area contributed by atoms with Gasteiger partial charge in [-0.15, -0.1) is 0 Å². The molecule has 1 aromatic heterocycles. The minimum Gasteiger partial charge on any atom is -0.332 e. The molecule has 0 aliphatic rings. The van der Waals surface area contributed by atoms with Crippen LogP contribution in [0.2, 0.25) is 5.02 Å². The fourth-order valence-corrected chi connectivity index (χ4v) is 2.51. The second kappa shape index (κ2) is 4.58. The molecular weight excluding hydrogens is 281 g/mol. The summed E-state index contributed by atoms with van der Waals surface area (Å²) in [5.74, 6) is -0.263. The maximum atomic E-state index is 13.4. The van der Waals surface area contributed by atoms with Gasteiger partial charge in [0.2, 0.25) is 0 Å². The summed E-state index contributed by atoms with van der Waals surface area (Å²) in [4.78, 5) is 6.32. The number of nitrogens with one attached hydrogen (secondary N) is 2. The molecule has 0 unspecified atom stereocenters. The maximum absolute atomic E-state index is 13.4. The number of benzene rings is 1. The second-order valence-electron chi connectivity index (χ2n) is 3.56. The molecule has 5 nitrogen and oxygen atoms in total. The molecule has 0 bridgehead atoms. The summed E-state index contributed by atoms with van der Waals surface area (Å²) in [6, 6.07) is 3.60. The summed E-state index contributed by atoms with van der Waals surface area (Å²) in [7, 11) is -3.90. The van der Waals surface area contributed by atoms with E-state index in [0.717, 1.165) is 12.3 Å². The Labute approximate surface area is 108 Å². The quantitative estimate of drug-likeness (QED) is 0.910. The van der Waals surface area contributed by atoms with Crippen LogP contribution in [0.4, 0.5) is 10.1 Å². The number of H-pyrrole nitrogens is 1. The molecule has 0 spiro atoms. The van der Waals surface area contributed by atoms with Crippen LogP contribution in [0.1, 0.15) is 5.82 Å². The van der Waals surface area contributed by atoms with Crippen molar-refractivity contribution in [2.24, 2.45) is 0 Å². The molecule has 2 aromatic rings. The van der Waals surface area contributed by atoms with E-state index >= 15 is 0 Å². The van der Waals surface area contributed by atoms with Crippen molar-refractivity contribution in [3.63, 3.8) is 0 Å². The lowest BCUT2D eigenvalue weighted by Gasteiger charge is -2.07. The Kier molecular flexibility index (Phi) is 3.27. The van der Waals surface area contributed by atoms with Gasteiger partial charge in [-0.2, -0.15) is 8.42 Å². The molecule has 0 saturated carbocycles. The predicted octanol–water partition coefficient (Wildman–Crippen LogP) is 2.31. The monoisotopic (exact) mass is 289 g/mol. The lowest BCUT2D eigenvalue weighted by molar-refractivity contribution is 0.595. The molecule has 1 heterocycles. The Bertz CT molecular complexity index is 684. The molecule has 2 N–H and O–H groups in total. The van der Waals surface area contributed by atoms with Crippen molar-refractivity contribution in [2.75, 3.05) is 4.72 Å². The largest absolute Gasteiger partial charge is 0.332 e. The first-order chi connectivity index (χ1) is 8.38. The van der Waals surface area contributed by atoms with Crippen molar-refractivity contribution in [3.05, 3.63) is 41.1 Å². The number of nitrogens with zero attached hydrogens (tertiary/aromatic N) is 1. The molecule has 0 saturated heterocycles. The van der Waals surface area contributed by atoms with Crippen molar-refractivity contribution >= 4 is 27.3 Å². The molecule has 18 heavy (non-hydrogen) atoms. The van der Waals surface area contributed by atoms with E-state index in [9.17, 15) is 12.8 Å². The third-order valence-corrected chi connectivity index (χ3v) is 3.65. The van der Waals surface area contributed by atoms with E-state index in [-0.39, 0.29) is 15.7 Å². The van der Waals surface area contributed by atoms with Crippen LogP contribution in [0.3, 0.4) is 0 Å². The highest BCUT2D eigenvalue weighted by molar-refractivity contribution is 7.92. The molecule has 0 amide bonds.